The molecule has 0 radical (unpaired) electrons. The van der Waals surface area contributed by atoms with Crippen LogP contribution in [0.4, 0.5) is 0 Å². The highest BCUT2D eigenvalue weighted by Gasteiger charge is 2.20. The van der Waals surface area contributed by atoms with Crippen molar-refractivity contribution < 1.29 is 0 Å². The summed E-state index contributed by atoms with van der Waals surface area (Å²) in [4.78, 5) is 19.7. The van der Waals surface area contributed by atoms with Crippen LogP contribution in [0.2, 0.25) is 0 Å². The molecular weight excluding hydrogens is 224 g/mol. The first-order valence-electron chi connectivity index (χ1n) is 6.74. The van der Waals surface area contributed by atoms with Crippen molar-refractivity contribution in [3.8, 4) is 0 Å². The first-order valence-corrected chi connectivity index (χ1v) is 6.74. The van der Waals surface area contributed by atoms with Gasteiger partial charge < -0.3 is 4.98 Å². The Morgan fingerprint density at radius 1 is 1.22 bits per heavy atom. The Labute approximate surface area is 106 Å². The summed E-state index contributed by atoms with van der Waals surface area (Å²) in [5, 5.41) is 0. The molecule has 0 saturated heterocycles. The first kappa shape index (κ1) is 11.5. The summed E-state index contributed by atoms with van der Waals surface area (Å²) in [6, 6.07) is 5.97. The molecule has 1 aliphatic carbocycles. The lowest BCUT2D eigenvalue weighted by Crippen LogP contribution is -2.20. The summed E-state index contributed by atoms with van der Waals surface area (Å²) in [5.41, 5.74) is 3.67. The van der Waals surface area contributed by atoms with Crippen molar-refractivity contribution in [1.82, 2.24) is 9.97 Å². The maximum atomic E-state index is 12.1. The van der Waals surface area contributed by atoms with E-state index >= 15 is 0 Å². The van der Waals surface area contributed by atoms with Crippen LogP contribution in [0.1, 0.15) is 49.3 Å². The fourth-order valence-corrected chi connectivity index (χ4v) is 2.86. The van der Waals surface area contributed by atoms with E-state index in [0.717, 1.165) is 29.6 Å². The minimum Gasteiger partial charge on any atom is -0.319 e. The Hall–Kier alpha value is -1.64. The summed E-state index contributed by atoms with van der Waals surface area (Å²) < 4.78 is 0. The molecular formula is C15H18N2O. The summed E-state index contributed by atoms with van der Waals surface area (Å²) in [6.07, 6.45) is 5.94. The zero-order chi connectivity index (χ0) is 12.5. The van der Waals surface area contributed by atoms with E-state index in [-0.39, 0.29) is 5.56 Å². The lowest BCUT2D eigenvalue weighted by molar-refractivity contribution is 0.434. The van der Waals surface area contributed by atoms with Crippen LogP contribution in [-0.4, -0.2) is 9.97 Å². The van der Waals surface area contributed by atoms with Gasteiger partial charge in [0, 0.05) is 5.92 Å². The SMILES string of the molecule is Cc1ccc2[nH]c(=O)c(C3CCCCC3)nc2c1. The highest BCUT2D eigenvalue weighted by Crippen LogP contribution is 2.30. The van der Waals surface area contributed by atoms with Gasteiger partial charge in [-0.05, 0) is 37.5 Å². The second-order valence-corrected chi connectivity index (χ2v) is 5.31. The van der Waals surface area contributed by atoms with E-state index in [9.17, 15) is 4.79 Å². The Bertz CT molecular complexity index is 624. The summed E-state index contributed by atoms with van der Waals surface area (Å²) in [6.45, 7) is 2.05. The molecule has 1 N–H and O–H groups in total. The maximum absolute atomic E-state index is 12.1. The molecule has 18 heavy (non-hydrogen) atoms. The minimum atomic E-state index is -0.00162. The highest BCUT2D eigenvalue weighted by atomic mass is 16.1. The van der Waals surface area contributed by atoms with Crippen molar-refractivity contribution in [3.63, 3.8) is 0 Å². The standard InChI is InChI=1S/C15H18N2O/c1-10-7-8-12-13(9-10)16-14(15(18)17-12)11-5-3-2-4-6-11/h7-9,11H,2-6H2,1H3,(H,17,18). The molecule has 0 bridgehead atoms. The number of fused-ring (bicyclic) bond motifs is 1. The molecule has 0 amide bonds. The third-order valence-electron chi connectivity index (χ3n) is 3.87. The average Bonchev–Trinajstić information content (AvgIpc) is 2.39. The van der Waals surface area contributed by atoms with Crippen molar-refractivity contribution in [3.05, 3.63) is 39.8 Å². The van der Waals surface area contributed by atoms with E-state index in [1.54, 1.807) is 0 Å². The van der Waals surface area contributed by atoms with Crippen LogP contribution in [-0.2, 0) is 0 Å². The third-order valence-corrected chi connectivity index (χ3v) is 3.87. The molecule has 1 aromatic heterocycles. The van der Waals surface area contributed by atoms with Gasteiger partial charge in [-0.25, -0.2) is 4.98 Å². The van der Waals surface area contributed by atoms with Crippen LogP contribution in [0.5, 0.6) is 0 Å². The maximum Gasteiger partial charge on any atom is 0.270 e. The fourth-order valence-electron chi connectivity index (χ4n) is 2.86. The topological polar surface area (TPSA) is 45.8 Å². The van der Waals surface area contributed by atoms with Gasteiger partial charge in [0.2, 0.25) is 0 Å². The second-order valence-electron chi connectivity index (χ2n) is 5.31. The lowest BCUT2D eigenvalue weighted by atomic mass is 9.87. The molecule has 0 aliphatic heterocycles. The molecule has 94 valence electrons. The van der Waals surface area contributed by atoms with Crippen molar-refractivity contribution in [2.45, 2.75) is 44.9 Å². The molecule has 1 heterocycles. The molecule has 1 fully saturated rings. The zero-order valence-corrected chi connectivity index (χ0v) is 10.7. The summed E-state index contributed by atoms with van der Waals surface area (Å²) in [5.74, 6) is 0.354. The molecule has 0 spiro atoms. The molecule has 0 unspecified atom stereocenters. The lowest BCUT2D eigenvalue weighted by Gasteiger charge is -2.20. The second kappa shape index (κ2) is 4.56. The van der Waals surface area contributed by atoms with E-state index in [4.69, 9.17) is 0 Å². The van der Waals surface area contributed by atoms with Crippen molar-refractivity contribution in [2.24, 2.45) is 0 Å². The smallest absolute Gasteiger partial charge is 0.270 e. The monoisotopic (exact) mass is 242 g/mol. The minimum absolute atomic E-state index is 0.00162. The Morgan fingerprint density at radius 2 is 2.00 bits per heavy atom. The zero-order valence-electron chi connectivity index (χ0n) is 10.7. The predicted molar refractivity (Wildman–Crippen MR) is 72.9 cm³/mol. The molecule has 1 aromatic carbocycles. The van der Waals surface area contributed by atoms with Crippen LogP contribution < -0.4 is 5.56 Å². The number of nitrogens with zero attached hydrogens (tertiary/aromatic N) is 1. The molecule has 2 aromatic rings. The van der Waals surface area contributed by atoms with Gasteiger partial charge in [0.25, 0.3) is 5.56 Å². The number of aromatic nitrogens is 2. The van der Waals surface area contributed by atoms with E-state index in [1.807, 2.05) is 25.1 Å². The number of hydrogen-bond donors (Lipinski definition) is 1. The molecule has 3 rings (SSSR count). The normalized spacial score (nSPS) is 17.2. The van der Waals surface area contributed by atoms with E-state index < -0.39 is 0 Å². The van der Waals surface area contributed by atoms with Gasteiger partial charge in [0.05, 0.1) is 11.0 Å². The van der Waals surface area contributed by atoms with Gasteiger partial charge in [-0.1, -0.05) is 25.3 Å². The third kappa shape index (κ3) is 2.05. The molecule has 3 nitrogen and oxygen atoms in total. The van der Waals surface area contributed by atoms with Crippen molar-refractivity contribution in [1.29, 1.82) is 0 Å². The van der Waals surface area contributed by atoms with Gasteiger partial charge in [-0.2, -0.15) is 0 Å². The van der Waals surface area contributed by atoms with Gasteiger partial charge in [-0.15, -0.1) is 0 Å². The van der Waals surface area contributed by atoms with Gasteiger partial charge >= 0.3 is 0 Å². The Balaban J connectivity index is 2.10. The Kier molecular flexibility index (Phi) is 2.90. The average molecular weight is 242 g/mol. The number of benzene rings is 1. The number of nitrogens with one attached hydrogen (secondary N) is 1. The van der Waals surface area contributed by atoms with Crippen molar-refractivity contribution in [2.75, 3.05) is 0 Å². The summed E-state index contributed by atoms with van der Waals surface area (Å²) in [7, 11) is 0. The largest absolute Gasteiger partial charge is 0.319 e. The fraction of sp³-hybridized carbons (Fsp3) is 0.467. The van der Waals surface area contributed by atoms with Gasteiger partial charge in [0.15, 0.2) is 0 Å². The number of aryl methyl sites for hydroxylation is 1. The highest BCUT2D eigenvalue weighted by molar-refractivity contribution is 5.74. The van der Waals surface area contributed by atoms with Crippen molar-refractivity contribution >= 4 is 11.0 Å². The number of rotatable bonds is 1. The Morgan fingerprint density at radius 3 is 2.78 bits per heavy atom. The van der Waals surface area contributed by atoms with Crippen LogP contribution in [0.25, 0.3) is 11.0 Å². The summed E-state index contributed by atoms with van der Waals surface area (Å²) >= 11 is 0. The van der Waals surface area contributed by atoms with Crippen LogP contribution in [0, 0.1) is 6.92 Å². The molecule has 3 heteroatoms. The van der Waals surface area contributed by atoms with Crippen LogP contribution in [0.15, 0.2) is 23.0 Å². The number of hydrogen-bond acceptors (Lipinski definition) is 2. The van der Waals surface area contributed by atoms with E-state index in [1.165, 1.54) is 24.8 Å². The molecule has 1 aliphatic rings. The predicted octanol–water partition coefficient (Wildman–Crippen LogP) is 3.28. The molecule has 1 saturated carbocycles. The number of aromatic amines is 1. The van der Waals surface area contributed by atoms with Crippen LogP contribution in [0.3, 0.4) is 0 Å². The molecule has 0 atom stereocenters. The van der Waals surface area contributed by atoms with E-state index in [2.05, 4.69) is 9.97 Å². The van der Waals surface area contributed by atoms with Gasteiger partial charge in [0.1, 0.15) is 5.69 Å². The quantitative estimate of drug-likeness (QED) is 0.834. The van der Waals surface area contributed by atoms with Crippen LogP contribution >= 0.6 is 0 Å². The number of H-pyrrole nitrogens is 1. The van der Waals surface area contributed by atoms with E-state index in [0.29, 0.717) is 5.92 Å². The van der Waals surface area contributed by atoms with Gasteiger partial charge in [-0.3, -0.25) is 4.79 Å². The first-order chi connectivity index (χ1) is 8.74.